The van der Waals surface area contributed by atoms with Gasteiger partial charge in [0.1, 0.15) is 0 Å². The standard InChI is InChI=1S/C15H31N3O/c1-3-5-11-17-15(16)18-12-10-14(19-4-2)13-8-6-7-9-13/h13-14H,3-12H2,1-2H3,(H3,16,17,18). The maximum atomic E-state index is 5.89. The number of unbranched alkanes of at least 4 members (excludes halogenated alkanes) is 1. The Kier molecular flexibility index (Phi) is 8.63. The number of nitrogens with one attached hydrogen (secondary N) is 1. The highest BCUT2D eigenvalue weighted by atomic mass is 16.5. The highest BCUT2D eigenvalue weighted by Crippen LogP contribution is 2.30. The van der Waals surface area contributed by atoms with Crippen molar-refractivity contribution in [2.45, 2.75) is 64.9 Å². The third-order valence-electron chi connectivity index (χ3n) is 3.84. The van der Waals surface area contributed by atoms with E-state index in [2.05, 4.69) is 24.2 Å². The van der Waals surface area contributed by atoms with Gasteiger partial charge in [-0.05, 0) is 38.5 Å². The Morgan fingerprint density at radius 1 is 1.37 bits per heavy atom. The van der Waals surface area contributed by atoms with Crippen LogP contribution in [0.5, 0.6) is 0 Å². The molecule has 0 aromatic carbocycles. The molecule has 1 unspecified atom stereocenters. The van der Waals surface area contributed by atoms with Crippen molar-refractivity contribution in [2.75, 3.05) is 19.7 Å². The van der Waals surface area contributed by atoms with Crippen LogP contribution in [0.1, 0.15) is 58.8 Å². The molecule has 112 valence electrons. The lowest BCUT2D eigenvalue weighted by Crippen LogP contribution is -2.35. The van der Waals surface area contributed by atoms with Gasteiger partial charge in [-0.2, -0.15) is 0 Å². The largest absolute Gasteiger partial charge is 0.378 e. The number of guanidine groups is 1. The van der Waals surface area contributed by atoms with Crippen molar-refractivity contribution in [1.82, 2.24) is 5.32 Å². The molecule has 19 heavy (non-hydrogen) atoms. The van der Waals surface area contributed by atoms with E-state index in [9.17, 15) is 0 Å². The van der Waals surface area contributed by atoms with E-state index in [0.29, 0.717) is 12.1 Å². The molecule has 0 bridgehead atoms. The number of aliphatic imine (C=N–C) groups is 1. The molecule has 0 aromatic heterocycles. The van der Waals surface area contributed by atoms with Crippen LogP contribution in [0.25, 0.3) is 0 Å². The van der Waals surface area contributed by atoms with Crippen molar-refractivity contribution in [1.29, 1.82) is 0 Å². The molecule has 0 radical (unpaired) electrons. The minimum Gasteiger partial charge on any atom is -0.378 e. The summed E-state index contributed by atoms with van der Waals surface area (Å²) in [6.07, 6.45) is 9.06. The highest BCUT2D eigenvalue weighted by Gasteiger charge is 2.24. The second-order valence-corrected chi connectivity index (χ2v) is 5.37. The molecular weight excluding hydrogens is 238 g/mol. The van der Waals surface area contributed by atoms with Gasteiger partial charge < -0.3 is 15.8 Å². The summed E-state index contributed by atoms with van der Waals surface area (Å²) in [7, 11) is 0. The molecule has 1 atom stereocenters. The van der Waals surface area contributed by atoms with Crippen molar-refractivity contribution in [3.05, 3.63) is 0 Å². The van der Waals surface area contributed by atoms with Crippen LogP contribution in [0, 0.1) is 5.92 Å². The number of ether oxygens (including phenoxy) is 1. The van der Waals surface area contributed by atoms with E-state index in [1.54, 1.807) is 0 Å². The Balaban J connectivity index is 2.21. The SMILES string of the molecule is CCCCN=C(N)NCCC(OCC)C1CCCC1. The predicted molar refractivity (Wildman–Crippen MR) is 81.4 cm³/mol. The summed E-state index contributed by atoms with van der Waals surface area (Å²) in [5, 5.41) is 3.20. The highest BCUT2D eigenvalue weighted by molar-refractivity contribution is 5.77. The summed E-state index contributed by atoms with van der Waals surface area (Å²) in [6, 6.07) is 0. The van der Waals surface area contributed by atoms with Gasteiger partial charge in [0.25, 0.3) is 0 Å². The molecule has 1 fully saturated rings. The van der Waals surface area contributed by atoms with Crippen molar-refractivity contribution in [3.63, 3.8) is 0 Å². The van der Waals surface area contributed by atoms with Gasteiger partial charge >= 0.3 is 0 Å². The zero-order valence-electron chi connectivity index (χ0n) is 12.7. The molecule has 0 spiro atoms. The first-order valence-electron chi connectivity index (χ1n) is 7.93. The van der Waals surface area contributed by atoms with E-state index in [4.69, 9.17) is 10.5 Å². The Morgan fingerprint density at radius 3 is 2.74 bits per heavy atom. The lowest BCUT2D eigenvalue weighted by molar-refractivity contribution is 0.0170. The van der Waals surface area contributed by atoms with Gasteiger partial charge in [-0.1, -0.05) is 26.2 Å². The monoisotopic (exact) mass is 269 g/mol. The minimum absolute atomic E-state index is 0.392. The van der Waals surface area contributed by atoms with Gasteiger partial charge in [0, 0.05) is 19.7 Å². The Bertz CT molecular complexity index is 250. The van der Waals surface area contributed by atoms with Gasteiger partial charge in [-0.15, -0.1) is 0 Å². The Labute approximate surface area is 118 Å². The molecule has 0 heterocycles. The van der Waals surface area contributed by atoms with E-state index >= 15 is 0 Å². The van der Waals surface area contributed by atoms with E-state index in [-0.39, 0.29) is 0 Å². The minimum atomic E-state index is 0.392. The third kappa shape index (κ3) is 6.81. The summed E-state index contributed by atoms with van der Waals surface area (Å²) >= 11 is 0. The van der Waals surface area contributed by atoms with Crippen LogP contribution in [0.15, 0.2) is 4.99 Å². The van der Waals surface area contributed by atoms with E-state index in [1.807, 2.05) is 0 Å². The normalized spacial score (nSPS) is 18.7. The van der Waals surface area contributed by atoms with E-state index < -0.39 is 0 Å². The lowest BCUT2D eigenvalue weighted by Gasteiger charge is -2.23. The maximum absolute atomic E-state index is 5.89. The first-order valence-corrected chi connectivity index (χ1v) is 7.93. The Hall–Kier alpha value is -0.770. The third-order valence-corrected chi connectivity index (χ3v) is 3.84. The lowest BCUT2D eigenvalue weighted by atomic mass is 9.98. The van der Waals surface area contributed by atoms with Crippen LogP contribution in [-0.2, 0) is 4.74 Å². The molecule has 0 saturated heterocycles. The topological polar surface area (TPSA) is 59.6 Å². The zero-order chi connectivity index (χ0) is 13.9. The molecule has 0 aromatic rings. The fraction of sp³-hybridized carbons (Fsp3) is 0.933. The van der Waals surface area contributed by atoms with Crippen LogP contribution in [-0.4, -0.2) is 31.8 Å². The molecule has 0 amide bonds. The second kappa shape index (κ2) is 10.1. The summed E-state index contributed by atoms with van der Waals surface area (Å²) in [5.41, 5.74) is 5.83. The number of nitrogens with zero attached hydrogens (tertiary/aromatic N) is 1. The van der Waals surface area contributed by atoms with Crippen LogP contribution >= 0.6 is 0 Å². The second-order valence-electron chi connectivity index (χ2n) is 5.37. The average molecular weight is 269 g/mol. The fourth-order valence-electron chi connectivity index (χ4n) is 2.75. The summed E-state index contributed by atoms with van der Waals surface area (Å²) in [6.45, 7) is 6.74. The molecule has 0 aliphatic heterocycles. The van der Waals surface area contributed by atoms with Crippen LogP contribution in [0.4, 0.5) is 0 Å². The quantitative estimate of drug-likeness (QED) is 0.384. The van der Waals surface area contributed by atoms with Crippen molar-refractivity contribution in [3.8, 4) is 0 Å². The Morgan fingerprint density at radius 2 is 2.11 bits per heavy atom. The van der Waals surface area contributed by atoms with Crippen molar-refractivity contribution < 1.29 is 4.74 Å². The first-order chi connectivity index (χ1) is 9.27. The number of nitrogens with two attached hydrogens (primary N) is 1. The molecule has 4 nitrogen and oxygen atoms in total. The summed E-state index contributed by atoms with van der Waals surface area (Å²) in [4.78, 5) is 4.30. The zero-order valence-corrected chi connectivity index (χ0v) is 12.7. The fourth-order valence-corrected chi connectivity index (χ4v) is 2.75. The molecule has 4 heteroatoms. The molecule has 1 saturated carbocycles. The number of hydrogen-bond acceptors (Lipinski definition) is 2. The van der Waals surface area contributed by atoms with Crippen LogP contribution < -0.4 is 11.1 Å². The van der Waals surface area contributed by atoms with Crippen molar-refractivity contribution >= 4 is 5.96 Å². The molecule has 1 aliphatic rings. The van der Waals surface area contributed by atoms with Gasteiger partial charge in [0.2, 0.25) is 0 Å². The summed E-state index contributed by atoms with van der Waals surface area (Å²) in [5.74, 6) is 1.33. The smallest absolute Gasteiger partial charge is 0.188 e. The van der Waals surface area contributed by atoms with E-state index in [0.717, 1.165) is 44.9 Å². The van der Waals surface area contributed by atoms with Crippen molar-refractivity contribution in [2.24, 2.45) is 16.6 Å². The predicted octanol–water partition coefficient (Wildman–Crippen LogP) is 2.68. The summed E-state index contributed by atoms with van der Waals surface area (Å²) < 4.78 is 5.89. The molecular formula is C15H31N3O. The van der Waals surface area contributed by atoms with Gasteiger partial charge in [-0.3, -0.25) is 4.99 Å². The van der Waals surface area contributed by atoms with Gasteiger partial charge in [0.05, 0.1) is 6.10 Å². The van der Waals surface area contributed by atoms with Crippen LogP contribution in [0.3, 0.4) is 0 Å². The average Bonchev–Trinajstić information content (AvgIpc) is 2.92. The molecule has 1 aliphatic carbocycles. The number of hydrogen-bond donors (Lipinski definition) is 2. The first kappa shape index (κ1) is 16.3. The van der Waals surface area contributed by atoms with Crippen LogP contribution in [0.2, 0.25) is 0 Å². The number of rotatable bonds is 9. The molecule has 1 rings (SSSR count). The molecule has 3 N–H and O–H groups in total. The van der Waals surface area contributed by atoms with Gasteiger partial charge in [0.15, 0.2) is 5.96 Å². The van der Waals surface area contributed by atoms with Gasteiger partial charge in [-0.25, -0.2) is 0 Å². The maximum Gasteiger partial charge on any atom is 0.188 e. The van der Waals surface area contributed by atoms with E-state index in [1.165, 1.54) is 25.7 Å².